The summed E-state index contributed by atoms with van der Waals surface area (Å²) in [6.45, 7) is 1.98. The van der Waals surface area contributed by atoms with E-state index in [1.54, 1.807) is 6.07 Å². The second-order valence-electron chi connectivity index (χ2n) is 5.31. The van der Waals surface area contributed by atoms with E-state index in [-0.39, 0.29) is 29.5 Å². The van der Waals surface area contributed by atoms with E-state index in [2.05, 4.69) is 0 Å². The van der Waals surface area contributed by atoms with Gasteiger partial charge in [-0.2, -0.15) is 0 Å². The van der Waals surface area contributed by atoms with Crippen LogP contribution < -0.4 is 10.5 Å². The van der Waals surface area contributed by atoms with E-state index in [1.165, 1.54) is 12.1 Å². The van der Waals surface area contributed by atoms with Crippen molar-refractivity contribution in [3.63, 3.8) is 0 Å². The first-order chi connectivity index (χ1) is 9.38. The topological polar surface area (TPSA) is 69.4 Å². The Hall–Kier alpha value is -1.14. The number of hydrogen-bond donors (Lipinski definition) is 1. The summed E-state index contributed by atoms with van der Waals surface area (Å²) in [5, 5.41) is 0. The van der Waals surface area contributed by atoms with Crippen LogP contribution in [0.5, 0.6) is 5.75 Å². The Labute approximate surface area is 119 Å². The molecule has 0 aromatic heterocycles. The Morgan fingerprint density at radius 1 is 1.45 bits per heavy atom. The lowest BCUT2D eigenvalue weighted by Crippen LogP contribution is -2.21. The standard InChI is InChI=1S/C14H20FNO3S/c1-2-12(16)6-10-5-11(15)8-14(7-10)19-13-3-4-20(17,18)9-13/h5,7-8,12-13H,2-4,6,9,16H2,1H3. The molecular weight excluding hydrogens is 281 g/mol. The van der Waals surface area contributed by atoms with Gasteiger partial charge in [0, 0.05) is 12.1 Å². The minimum atomic E-state index is -3.00. The monoisotopic (exact) mass is 301 g/mol. The van der Waals surface area contributed by atoms with Crippen molar-refractivity contribution in [1.29, 1.82) is 0 Å². The number of hydrogen-bond acceptors (Lipinski definition) is 4. The predicted octanol–water partition coefficient (Wildman–Crippen LogP) is 1.67. The molecule has 1 aromatic rings. The average molecular weight is 301 g/mol. The highest BCUT2D eigenvalue weighted by molar-refractivity contribution is 7.91. The number of benzene rings is 1. The van der Waals surface area contributed by atoms with Crippen molar-refractivity contribution in [2.75, 3.05) is 11.5 Å². The molecule has 20 heavy (non-hydrogen) atoms. The molecule has 0 spiro atoms. The highest BCUT2D eigenvalue weighted by Gasteiger charge is 2.29. The van der Waals surface area contributed by atoms with Gasteiger partial charge < -0.3 is 10.5 Å². The Bertz CT molecular complexity index is 574. The Balaban J connectivity index is 2.08. The van der Waals surface area contributed by atoms with Crippen LogP contribution in [0.3, 0.4) is 0 Å². The number of nitrogens with two attached hydrogens (primary N) is 1. The van der Waals surface area contributed by atoms with Crippen molar-refractivity contribution in [1.82, 2.24) is 0 Å². The SMILES string of the molecule is CCC(N)Cc1cc(F)cc(OC2CCS(=O)(=O)C2)c1. The molecule has 1 aliphatic rings. The quantitative estimate of drug-likeness (QED) is 0.898. The average Bonchev–Trinajstić information content (AvgIpc) is 2.67. The van der Waals surface area contributed by atoms with Crippen LogP contribution in [0.25, 0.3) is 0 Å². The first-order valence-corrected chi connectivity index (χ1v) is 8.62. The first kappa shape index (κ1) is 15.3. The molecule has 2 N–H and O–H groups in total. The van der Waals surface area contributed by atoms with Crippen molar-refractivity contribution in [2.45, 2.75) is 38.3 Å². The van der Waals surface area contributed by atoms with E-state index in [1.807, 2.05) is 6.92 Å². The normalized spacial score (nSPS) is 22.6. The van der Waals surface area contributed by atoms with Crippen molar-refractivity contribution < 1.29 is 17.5 Å². The summed E-state index contributed by atoms with van der Waals surface area (Å²) in [4.78, 5) is 0. The summed E-state index contributed by atoms with van der Waals surface area (Å²) >= 11 is 0. The highest BCUT2D eigenvalue weighted by Crippen LogP contribution is 2.23. The van der Waals surface area contributed by atoms with E-state index in [0.29, 0.717) is 18.6 Å². The van der Waals surface area contributed by atoms with Crippen LogP contribution in [0.2, 0.25) is 0 Å². The van der Waals surface area contributed by atoms with Gasteiger partial charge in [-0.05, 0) is 37.0 Å². The molecular formula is C14H20FNO3S. The molecule has 0 amide bonds. The van der Waals surface area contributed by atoms with Crippen LogP contribution in [-0.4, -0.2) is 32.1 Å². The van der Waals surface area contributed by atoms with E-state index < -0.39 is 9.84 Å². The van der Waals surface area contributed by atoms with Gasteiger partial charge >= 0.3 is 0 Å². The van der Waals surface area contributed by atoms with Crippen LogP contribution >= 0.6 is 0 Å². The van der Waals surface area contributed by atoms with E-state index in [0.717, 1.165) is 12.0 Å². The summed E-state index contributed by atoms with van der Waals surface area (Å²) in [6, 6.07) is 4.44. The van der Waals surface area contributed by atoms with Crippen molar-refractivity contribution in [2.24, 2.45) is 5.73 Å². The van der Waals surface area contributed by atoms with E-state index in [9.17, 15) is 12.8 Å². The largest absolute Gasteiger partial charge is 0.489 e. The summed E-state index contributed by atoms with van der Waals surface area (Å²) < 4.78 is 41.9. The van der Waals surface area contributed by atoms with Gasteiger partial charge in [-0.1, -0.05) is 6.92 Å². The minimum Gasteiger partial charge on any atom is -0.489 e. The molecule has 6 heteroatoms. The van der Waals surface area contributed by atoms with E-state index in [4.69, 9.17) is 10.5 Å². The van der Waals surface area contributed by atoms with Gasteiger partial charge in [-0.3, -0.25) is 0 Å². The molecule has 0 aliphatic carbocycles. The molecule has 2 unspecified atom stereocenters. The van der Waals surface area contributed by atoms with Crippen LogP contribution in [0, 0.1) is 5.82 Å². The molecule has 1 aromatic carbocycles. The fourth-order valence-corrected chi connectivity index (χ4v) is 3.89. The lowest BCUT2D eigenvalue weighted by Gasteiger charge is -2.14. The molecule has 0 bridgehead atoms. The second-order valence-corrected chi connectivity index (χ2v) is 7.54. The van der Waals surface area contributed by atoms with Crippen molar-refractivity contribution in [3.05, 3.63) is 29.6 Å². The summed E-state index contributed by atoms with van der Waals surface area (Å²) in [6.07, 6.45) is 1.47. The first-order valence-electron chi connectivity index (χ1n) is 6.80. The van der Waals surface area contributed by atoms with Gasteiger partial charge in [0.1, 0.15) is 17.7 Å². The molecule has 2 rings (SSSR count). The van der Waals surface area contributed by atoms with Crippen LogP contribution in [0.15, 0.2) is 18.2 Å². The van der Waals surface area contributed by atoms with E-state index >= 15 is 0 Å². The van der Waals surface area contributed by atoms with Crippen molar-refractivity contribution >= 4 is 9.84 Å². The number of ether oxygens (including phenoxy) is 1. The zero-order valence-corrected chi connectivity index (χ0v) is 12.3. The van der Waals surface area contributed by atoms with Gasteiger partial charge in [0.05, 0.1) is 11.5 Å². The predicted molar refractivity (Wildman–Crippen MR) is 76.1 cm³/mol. The van der Waals surface area contributed by atoms with Gasteiger partial charge in [-0.15, -0.1) is 0 Å². The zero-order valence-electron chi connectivity index (χ0n) is 11.5. The maximum Gasteiger partial charge on any atom is 0.154 e. The third-order valence-corrected chi connectivity index (χ3v) is 5.18. The fraction of sp³-hybridized carbons (Fsp3) is 0.571. The number of halogens is 1. The number of sulfone groups is 1. The number of rotatable bonds is 5. The lowest BCUT2D eigenvalue weighted by molar-refractivity contribution is 0.227. The molecule has 112 valence electrons. The smallest absolute Gasteiger partial charge is 0.154 e. The van der Waals surface area contributed by atoms with Gasteiger partial charge in [0.15, 0.2) is 9.84 Å². The zero-order chi connectivity index (χ0) is 14.8. The summed E-state index contributed by atoms with van der Waals surface area (Å²) in [5.41, 5.74) is 6.64. The highest BCUT2D eigenvalue weighted by atomic mass is 32.2. The minimum absolute atomic E-state index is 0.00726. The molecule has 4 nitrogen and oxygen atoms in total. The van der Waals surface area contributed by atoms with Gasteiger partial charge in [0.25, 0.3) is 0 Å². The lowest BCUT2D eigenvalue weighted by atomic mass is 10.0. The fourth-order valence-electron chi connectivity index (χ4n) is 2.30. The third kappa shape index (κ3) is 4.18. The summed E-state index contributed by atoms with van der Waals surface area (Å²) in [5.74, 6) is 0.139. The maximum absolute atomic E-state index is 13.6. The molecule has 1 heterocycles. The van der Waals surface area contributed by atoms with Gasteiger partial charge in [0.2, 0.25) is 0 Å². The Morgan fingerprint density at radius 3 is 2.80 bits per heavy atom. The summed E-state index contributed by atoms with van der Waals surface area (Å²) in [7, 11) is -3.00. The van der Waals surface area contributed by atoms with Crippen LogP contribution in [0.4, 0.5) is 4.39 Å². The molecule has 1 fully saturated rings. The van der Waals surface area contributed by atoms with Crippen LogP contribution in [0.1, 0.15) is 25.3 Å². The molecule has 1 aliphatic heterocycles. The Morgan fingerprint density at radius 2 is 2.20 bits per heavy atom. The maximum atomic E-state index is 13.6. The Kier molecular flexibility index (Phi) is 4.65. The molecule has 0 saturated carbocycles. The van der Waals surface area contributed by atoms with Crippen LogP contribution in [-0.2, 0) is 16.3 Å². The molecule has 0 radical (unpaired) electrons. The third-order valence-electron chi connectivity index (χ3n) is 3.45. The van der Waals surface area contributed by atoms with Gasteiger partial charge in [-0.25, -0.2) is 12.8 Å². The molecule has 2 atom stereocenters. The second kappa shape index (κ2) is 6.10. The van der Waals surface area contributed by atoms with Crippen molar-refractivity contribution in [3.8, 4) is 5.75 Å². The molecule has 1 saturated heterocycles.